The fourth-order valence-corrected chi connectivity index (χ4v) is 2.54. The minimum Gasteiger partial charge on any atom is -0.381 e. The largest absolute Gasteiger partial charge is 0.381 e. The Balaban J connectivity index is 2.15. The van der Waals surface area contributed by atoms with E-state index in [0.717, 1.165) is 29.2 Å². The number of aryl methyl sites for hydroxylation is 1. The van der Waals surface area contributed by atoms with Crippen molar-refractivity contribution >= 4 is 5.69 Å². The molecule has 1 aromatic heterocycles. The molecular weight excluding hydrogens is 272 g/mol. The van der Waals surface area contributed by atoms with Gasteiger partial charge in [-0.25, -0.2) is 4.68 Å². The summed E-state index contributed by atoms with van der Waals surface area (Å²) in [6.45, 7) is 3.40. The van der Waals surface area contributed by atoms with Crippen LogP contribution in [-0.2, 0) is 0 Å². The van der Waals surface area contributed by atoms with E-state index in [1.54, 1.807) is 0 Å². The fourth-order valence-electron chi connectivity index (χ4n) is 2.54. The van der Waals surface area contributed by atoms with Crippen molar-refractivity contribution < 1.29 is 0 Å². The summed E-state index contributed by atoms with van der Waals surface area (Å²) in [5, 5.41) is 7.95. The number of nitrogens with two attached hydrogens (primary N) is 1. The van der Waals surface area contributed by atoms with Crippen molar-refractivity contribution in [1.29, 1.82) is 0 Å². The molecule has 0 aliphatic rings. The molecule has 4 heteroatoms. The number of nitrogens with one attached hydrogen (secondary N) is 1. The van der Waals surface area contributed by atoms with Gasteiger partial charge in [-0.2, -0.15) is 5.10 Å². The Morgan fingerprint density at radius 3 is 2.50 bits per heavy atom. The van der Waals surface area contributed by atoms with Crippen molar-refractivity contribution in [1.82, 2.24) is 9.78 Å². The Morgan fingerprint density at radius 2 is 1.77 bits per heavy atom. The molecule has 0 amide bonds. The number of benzene rings is 2. The molecule has 0 saturated heterocycles. The van der Waals surface area contributed by atoms with Crippen molar-refractivity contribution in [3.63, 3.8) is 0 Å². The molecule has 3 N–H and O–H groups in total. The van der Waals surface area contributed by atoms with Crippen LogP contribution in [0.3, 0.4) is 0 Å². The van der Waals surface area contributed by atoms with Gasteiger partial charge in [0.05, 0.1) is 23.3 Å². The molecule has 0 fully saturated rings. The first-order chi connectivity index (χ1) is 10.8. The van der Waals surface area contributed by atoms with Crippen LogP contribution in [0.1, 0.15) is 5.56 Å². The minimum absolute atomic E-state index is 0.587. The highest BCUT2D eigenvalue weighted by Crippen LogP contribution is 2.31. The third kappa shape index (κ3) is 2.73. The molecule has 3 rings (SSSR count). The molecule has 112 valence electrons. The monoisotopic (exact) mass is 292 g/mol. The Morgan fingerprint density at radius 1 is 1.05 bits per heavy atom. The second-order valence-electron chi connectivity index (χ2n) is 5.19. The normalized spacial score (nSPS) is 10.6. The van der Waals surface area contributed by atoms with Gasteiger partial charge >= 0.3 is 0 Å². The highest BCUT2D eigenvalue weighted by molar-refractivity contribution is 5.76. The van der Waals surface area contributed by atoms with Crippen LogP contribution in [0, 0.1) is 6.92 Å². The fraction of sp³-hybridized carbons (Fsp3) is 0.167. The molecule has 3 aromatic rings. The summed E-state index contributed by atoms with van der Waals surface area (Å²) in [7, 11) is 0. The number of anilines is 1. The molecule has 4 nitrogen and oxygen atoms in total. The van der Waals surface area contributed by atoms with Gasteiger partial charge in [0.2, 0.25) is 0 Å². The molecular formula is C18H20N4. The van der Waals surface area contributed by atoms with Crippen molar-refractivity contribution in [2.45, 2.75) is 6.92 Å². The zero-order valence-electron chi connectivity index (χ0n) is 12.7. The third-order valence-corrected chi connectivity index (χ3v) is 3.62. The second kappa shape index (κ2) is 6.45. The van der Waals surface area contributed by atoms with Gasteiger partial charge in [-0.1, -0.05) is 48.5 Å². The summed E-state index contributed by atoms with van der Waals surface area (Å²) in [6, 6.07) is 18.5. The number of hydrogen-bond acceptors (Lipinski definition) is 3. The lowest BCUT2D eigenvalue weighted by molar-refractivity contribution is 0.880. The maximum absolute atomic E-state index is 5.62. The summed E-state index contributed by atoms with van der Waals surface area (Å²) in [4.78, 5) is 0. The van der Waals surface area contributed by atoms with E-state index in [1.165, 1.54) is 5.56 Å². The summed E-state index contributed by atoms with van der Waals surface area (Å²) in [5.41, 5.74) is 11.1. The van der Waals surface area contributed by atoms with E-state index in [9.17, 15) is 0 Å². The Labute approximate surface area is 130 Å². The number of rotatable bonds is 5. The number of nitrogens with zero attached hydrogens (tertiary/aromatic N) is 2. The van der Waals surface area contributed by atoms with Crippen molar-refractivity contribution in [2.24, 2.45) is 5.73 Å². The number of para-hydroxylation sites is 1. The highest BCUT2D eigenvalue weighted by Gasteiger charge is 2.15. The van der Waals surface area contributed by atoms with Crippen molar-refractivity contribution in [3.8, 4) is 16.9 Å². The Hall–Kier alpha value is -2.59. The summed E-state index contributed by atoms with van der Waals surface area (Å²) in [5.74, 6) is 0. The molecule has 0 radical (unpaired) electrons. The molecule has 0 aliphatic carbocycles. The van der Waals surface area contributed by atoms with Gasteiger partial charge in [-0.15, -0.1) is 0 Å². The first-order valence-corrected chi connectivity index (χ1v) is 7.44. The van der Waals surface area contributed by atoms with Crippen LogP contribution in [0.15, 0.2) is 60.8 Å². The Bertz CT molecular complexity index is 747. The van der Waals surface area contributed by atoms with E-state index in [0.29, 0.717) is 6.54 Å². The first kappa shape index (κ1) is 14.4. The quantitative estimate of drug-likeness (QED) is 0.759. The first-order valence-electron chi connectivity index (χ1n) is 7.44. The Kier molecular flexibility index (Phi) is 4.21. The van der Waals surface area contributed by atoms with E-state index in [4.69, 9.17) is 5.73 Å². The third-order valence-electron chi connectivity index (χ3n) is 3.62. The molecule has 0 spiro atoms. The van der Waals surface area contributed by atoms with Gasteiger partial charge in [-0.3, -0.25) is 0 Å². The SMILES string of the molecule is Cc1ccccc1-n1ncc(NCCN)c1-c1ccccc1. The lowest BCUT2D eigenvalue weighted by Crippen LogP contribution is -2.13. The van der Waals surface area contributed by atoms with Gasteiger partial charge in [0, 0.05) is 18.7 Å². The van der Waals surface area contributed by atoms with Gasteiger partial charge in [-0.05, 0) is 18.6 Å². The molecule has 22 heavy (non-hydrogen) atoms. The van der Waals surface area contributed by atoms with Gasteiger partial charge in [0.25, 0.3) is 0 Å². The van der Waals surface area contributed by atoms with Crippen LogP contribution in [0.5, 0.6) is 0 Å². The van der Waals surface area contributed by atoms with Crippen LogP contribution in [0.25, 0.3) is 16.9 Å². The summed E-state index contributed by atoms with van der Waals surface area (Å²) >= 11 is 0. The summed E-state index contributed by atoms with van der Waals surface area (Å²) in [6.07, 6.45) is 1.87. The minimum atomic E-state index is 0.587. The van der Waals surface area contributed by atoms with E-state index < -0.39 is 0 Å². The van der Waals surface area contributed by atoms with Crippen LogP contribution < -0.4 is 11.1 Å². The molecule has 0 unspecified atom stereocenters. The van der Waals surface area contributed by atoms with Crippen LogP contribution in [-0.4, -0.2) is 22.9 Å². The number of aromatic nitrogens is 2. The van der Waals surface area contributed by atoms with Crippen LogP contribution >= 0.6 is 0 Å². The van der Waals surface area contributed by atoms with Gasteiger partial charge in [0.15, 0.2) is 0 Å². The maximum atomic E-state index is 5.62. The average molecular weight is 292 g/mol. The van der Waals surface area contributed by atoms with Crippen molar-refractivity contribution in [2.75, 3.05) is 18.4 Å². The molecule has 0 atom stereocenters. The zero-order chi connectivity index (χ0) is 15.4. The average Bonchev–Trinajstić information content (AvgIpc) is 2.98. The smallest absolute Gasteiger partial charge is 0.0972 e. The molecule has 2 aromatic carbocycles. The summed E-state index contributed by atoms with van der Waals surface area (Å²) < 4.78 is 1.99. The van der Waals surface area contributed by atoms with E-state index in [-0.39, 0.29) is 0 Å². The van der Waals surface area contributed by atoms with Crippen molar-refractivity contribution in [3.05, 3.63) is 66.4 Å². The van der Waals surface area contributed by atoms with Gasteiger partial charge < -0.3 is 11.1 Å². The van der Waals surface area contributed by atoms with Crippen LogP contribution in [0.4, 0.5) is 5.69 Å². The second-order valence-corrected chi connectivity index (χ2v) is 5.19. The standard InChI is InChI=1S/C18H20N4/c1-14-7-5-6-10-17(14)22-18(15-8-3-2-4-9-15)16(13-21-22)20-12-11-19/h2-10,13,20H,11-12,19H2,1H3. The lowest BCUT2D eigenvalue weighted by atomic mass is 10.1. The van der Waals surface area contributed by atoms with Gasteiger partial charge in [0.1, 0.15) is 0 Å². The predicted octanol–water partition coefficient (Wildman–Crippen LogP) is 3.22. The highest BCUT2D eigenvalue weighted by atomic mass is 15.3. The topological polar surface area (TPSA) is 55.9 Å². The molecule has 0 saturated carbocycles. The zero-order valence-corrected chi connectivity index (χ0v) is 12.7. The lowest BCUT2D eigenvalue weighted by Gasteiger charge is -2.12. The molecule has 1 heterocycles. The van der Waals surface area contributed by atoms with E-state index in [2.05, 4.69) is 41.6 Å². The molecule has 0 bridgehead atoms. The maximum Gasteiger partial charge on any atom is 0.0972 e. The molecule has 0 aliphatic heterocycles. The van der Waals surface area contributed by atoms with Crippen LogP contribution in [0.2, 0.25) is 0 Å². The van der Waals surface area contributed by atoms with E-state index in [1.807, 2.05) is 41.2 Å². The number of hydrogen-bond donors (Lipinski definition) is 2. The van der Waals surface area contributed by atoms with E-state index >= 15 is 0 Å². The predicted molar refractivity (Wildman–Crippen MR) is 91.3 cm³/mol.